The lowest BCUT2D eigenvalue weighted by Crippen LogP contribution is -2.51. The van der Waals surface area contributed by atoms with Crippen LogP contribution in [0.25, 0.3) is 0 Å². The summed E-state index contributed by atoms with van der Waals surface area (Å²) in [5.41, 5.74) is -0.854. The molecule has 0 spiro atoms. The largest absolute Gasteiger partial charge is 0.337 e. The van der Waals surface area contributed by atoms with Crippen LogP contribution in [0, 0.1) is 17.2 Å². The summed E-state index contributed by atoms with van der Waals surface area (Å²) in [5, 5.41) is 18.5. The monoisotopic (exact) mass is 267 g/mol. The molecule has 0 aliphatic rings. The highest BCUT2D eigenvalue weighted by Crippen LogP contribution is 2.21. The number of hydrogen-bond acceptors (Lipinski definition) is 5. The Labute approximate surface area is 111 Å². The van der Waals surface area contributed by atoms with E-state index in [0.29, 0.717) is 5.16 Å². The lowest BCUT2D eigenvalue weighted by atomic mass is 9.90. The second-order valence-electron chi connectivity index (χ2n) is 4.51. The zero-order valence-corrected chi connectivity index (χ0v) is 11.7. The highest BCUT2D eigenvalue weighted by atomic mass is 32.2. The fraction of sp³-hybridized carbons (Fsp3) is 0.636. The molecule has 98 valence electrons. The molecule has 7 heteroatoms. The fourth-order valence-corrected chi connectivity index (χ4v) is 1.85. The van der Waals surface area contributed by atoms with Gasteiger partial charge in [-0.1, -0.05) is 25.6 Å². The van der Waals surface area contributed by atoms with Crippen LogP contribution in [0.1, 0.15) is 27.7 Å². The second-order valence-corrected chi connectivity index (χ2v) is 5.84. The topological polar surface area (TPSA) is 94.5 Å². The molecule has 1 aromatic rings. The number of nitrogens with one attached hydrogen (secondary N) is 2. The number of amides is 1. The van der Waals surface area contributed by atoms with E-state index in [9.17, 15) is 4.79 Å². The average Bonchev–Trinajstić information content (AvgIpc) is 2.81. The van der Waals surface area contributed by atoms with Gasteiger partial charge in [0, 0.05) is 0 Å². The Bertz CT molecular complexity index is 439. The van der Waals surface area contributed by atoms with Crippen molar-refractivity contribution in [1.82, 2.24) is 20.5 Å². The number of rotatable bonds is 5. The fourth-order valence-electron chi connectivity index (χ4n) is 1.13. The van der Waals surface area contributed by atoms with Crippen LogP contribution in [0.4, 0.5) is 0 Å². The number of nitriles is 1. The van der Waals surface area contributed by atoms with Crippen molar-refractivity contribution in [2.24, 2.45) is 5.92 Å². The molecule has 6 nitrogen and oxygen atoms in total. The first kappa shape index (κ1) is 14.5. The van der Waals surface area contributed by atoms with Crippen LogP contribution in [0.5, 0.6) is 0 Å². The van der Waals surface area contributed by atoms with E-state index >= 15 is 0 Å². The SMILES string of the molecule is CC(C)[C@](C)(C#N)NC(=O)[C@@H](C)Sc1ncn[nH]1. The third-order valence-electron chi connectivity index (χ3n) is 2.82. The maximum absolute atomic E-state index is 12.0. The lowest BCUT2D eigenvalue weighted by molar-refractivity contribution is -0.121. The van der Waals surface area contributed by atoms with Crippen molar-refractivity contribution in [2.75, 3.05) is 0 Å². The number of thioether (sulfide) groups is 1. The van der Waals surface area contributed by atoms with Gasteiger partial charge in [0.25, 0.3) is 0 Å². The summed E-state index contributed by atoms with van der Waals surface area (Å²) < 4.78 is 0. The number of carbonyl (C=O) groups is 1. The van der Waals surface area contributed by atoms with Crippen molar-refractivity contribution in [3.05, 3.63) is 6.33 Å². The van der Waals surface area contributed by atoms with Gasteiger partial charge in [-0.2, -0.15) is 10.4 Å². The van der Waals surface area contributed by atoms with E-state index in [-0.39, 0.29) is 17.1 Å². The molecule has 0 saturated heterocycles. The first-order valence-electron chi connectivity index (χ1n) is 5.64. The summed E-state index contributed by atoms with van der Waals surface area (Å²) in [7, 11) is 0. The van der Waals surface area contributed by atoms with E-state index < -0.39 is 5.54 Å². The van der Waals surface area contributed by atoms with Gasteiger partial charge >= 0.3 is 0 Å². The third kappa shape index (κ3) is 3.47. The number of H-pyrrole nitrogens is 1. The molecule has 0 aliphatic carbocycles. The second kappa shape index (κ2) is 5.87. The molecule has 1 aromatic heterocycles. The van der Waals surface area contributed by atoms with E-state index in [2.05, 4.69) is 26.6 Å². The molecule has 18 heavy (non-hydrogen) atoms. The Kier molecular flexibility index (Phi) is 4.73. The molecule has 0 saturated carbocycles. The van der Waals surface area contributed by atoms with E-state index in [1.807, 2.05) is 13.8 Å². The molecule has 0 bridgehead atoms. The summed E-state index contributed by atoms with van der Waals surface area (Å²) >= 11 is 1.27. The summed E-state index contributed by atoms with van der Waals surface area (Å²) in [5.74, 6) is -0.150. The lowest BCUT2D eigenvalue weighted by Gasteiger charge is -2.28. The Balaban J connectivity index is 2.63. The van der Waals surface area contributed by atoms with Gasteiger partial charge in [0.05, 0.1) is 11.3 Å². The predicted octanol–water partition coefficient (Wildman–Crippen LogP) is 1.34. The minimum Gasteiger partial charge on any atom is -0.337 e. The van der Waals surface area contributed by atoms with Crippen molar-refractivity contribution in [1.29, 1.82) is 5.26 Å². The number of nitrogens with zero attached hydrogens (tertiary/aromatic N) is 3. The minimum atomic E-state index is -0.854. The van der Waals surface area contributed by atoms with Crippen molar-refractivity contribution in [3.8, 4) is 6.07 Å². The van der Waals surface area contributed by atoms with Gasteiger partial charge in [0.1, 0.15) is 11.9 Å². The van der Waals surface area contributed by atoms with E-state index in [4.69, 9.17) is 5.26 Å². The van der Waals surface area contributed by atoms with E-state index in [1.54, 1.807) is 13.8 Å². The molecule has 0 unspecified atom stereocenters. The van der Waals surface area contributed by atoms with Crippen molar-refractivity contribution < 1.29 is 4.79 Å². The standard InChI is InChI=1S/C11H17N5OS/c1-7(2)11(4,5-12)15-9(17)8(3)18-10-13-6-14-16-10/h6-8H,1-4H3,(H,15,17)(H,13,14,16)/t8-,11+/m1/s1. The third-order valence-corrected chi connectivity index (χ3v) is 3.81. The maximum atomic E-state index is 12.0. The molecular formula is C11H17N5OS. The molecule has 0 radical (unpaired) electrons. The Hall–Kier alpha value is -1.55. The van der Waals surface area contributed by atoms with Gasteiger partial charge in [0.15, 0.2) is 5.16 Å². The summed E-state index contributed by atoms with van der Waals surface area (Å²) in [6.07, 6.45) is 1.39. The molecule has 1 amide bonds. The van der Waals surface area contributed by atoms with Crippen LogP contribution < -0.4 is 5.32 Å². The first-order chi connectivity index (χ1) is 8.39. The van der Waals surface area contributed by atoms with Crippen molar-refractivity contribution in [3.63, 3.8) is 0 Å². The molecule has 1 heterocycles. The van der Waals surface area contributed by atoms with E-state index in [0.717, 1.165) is 0 Å². The quantitative estimate of drug-likeness (QED) is 0.785. The smallest absolute Gasteiger partial charge is 0.234 e. The summed E-state index contributed by atoms with van der Waals surface area (Å²) in [6.45, 7) is 7.29. The summed E-state index contributed by atoms with van der Waals surface area (Å²) in [6, 6.07) is 2.15. The van der Waals surface area contributed by atoms with Gasteiger partial charge < -0.3 is 5.32 Å². The Morgan fingerprint density at radius 3 is 2.72 bits per heavy atom. The zero-order chi connectivity index (χ0) is 13.8. The zero-order valence-electron chi connectivity index (χ0n) is 10.9. The van der Waals surface area contributed by atoms with Crippen LogP contribution in [0.3, 0.4) is 0 Å². The number of hydrogen-bond donors (Lipinski definition) is 2. The number of carbonyl (C=O) groups excluding carboxylic acids is 1. The Morgan fingerprint density at radius 1 is 1.61 bits per heavy atom. The highest BCUT2D eigenvalue weighted by molar-refractivity contribution is 8.00. The maximum Gasteiger partial charge on any atom is 0.234 e. The van der Waals surface area contributed by atoms with Crippen LogP contribution in [0.2, 0.25) is 0 Å². The van der Waals surface area contributed by atoms with Gasteiger partial charge in [0.2, 0.25) is 5.91 Å². The normalized spacial score (nSPS) is 15.8. The molecular weight excluding hydrogens is 250 g/mol. The van der Waals surface area contributed by atoms with Crippen molar-refractivity contribution in [2.45, 2.75) is 43.6 Å². The van der Waals surface area contributed by atoms with Gasteiger partial charge in [-0.05, 0) is 19.8 Å². The molecule has 0 aromatic carbocycles. The molecule has 0 aliphatic heterocycles. The van der Waals surface area contributed by atoms with Gasteiger partial charge in [-0.3, -0.25) is 9.89 Å². The molecule has 1 rings (SSSR count). The van der Waals surface area contributed by atoms with Gasteiger partial charge in [-0.25, -0.2) is 4.98 Å². The highest BCUT2D eigenvalue weighted by Gasteiger charge is 2.31. The van der Waals surface area contributed by atoms with Gasteiger partial charge in [-0.15, -0.1) is 0 Å². The molecule has 0 fully saturated rings. The first-order valence-corrected chi connectivity index (χ1v) is 6.52. The van der Waals surface area contributed by atoms with Crippen LogP contribution >= 0.6 is 11.8 Å². The predicted molar refractivity (Wildman–Crippen MR) is 68.7 cm³/mol. The number of aromatic nitrogens is 3. The Morgan fingerprint density at radius 2 is 2.28 bits per heavy atom. The van der Waals surface area contributed by atoms with Crippen LogP contribution in [-0.2, 0) is 4.79 Å². The minimum absolute atomic E-state index is 0.0360. The van der Waals surface area contributed by atoms with Crippen molar-refractivity contribution >= 4 is 17.7 Å². The average molecular weight is 267 g/mol. The molecule has 2 atom stereocenters. The number of aromatic amines is 1. The van der Waals surface area contributed by atoms with Crippen LogP contribution in [-0.4, -0.2) is 31.9 Å². The van der Waals surface area contributed by atoms with Crippen LogP contribution in [0.15, 0.2) is 11.5 Å². The van der Waals surface area contributed by atoms with E-state index in [1.165, 1.54) is 18.1 Å². The molecule has 2 N–H and O–H groups in total. The summed E-state index contributed by atoms with van der Waals surface area (Å²) in [4.78, 5) is 15.9.